The second kappa shape index (κ2) is 11.2. The van der Waals surface area contributed by atoms with Gasteiger partial charge in [0.1, 0.15) is 6.54 Å². The number of hydrogen-bond acceptors (Lipinski definition) is 7. The van der Waals surface area contributed by atoms with Crippen LogP contribution in [0.2, 0.25) is 0 Å². The number of amides is 1. The van der Waals surface area contributed by atoms with E-state index in [-0.39, 0.29) is 15.7 Å². The Bertz CT molecular complexity index is 1710. The SMILES string of the molecule is Cc1ccc(N(CC(=O)Nc2ccc(S(=O)(=O)Nc3nccc(C)n3)cc2)S(=O)(=O)c2ccccc2)c(C)c1. The Labute approximate surface area is 227 Å². The Morgan fingerprint density at radius 2 is 1.54 bits per heavy atom. The lowest BCUT2D eigenvalue weighted by molar-refractivity contribution is -0.114. The average Bonchev–Trinajstić information content (AvgIpc) is 2.88. The summed E-state index contributed by atoms with van der Waals surface area (Å²) in [5.41, 5.74) is 2.93. The molecule has 12 heteroatoms. The summed E-state index contributed by atoms with van der Waals surface area (Å²) >= 11 is 0. The smallest absolute Gasteiger partial charge is 0.264 e. The molecule has 3 aromatic carbocycles. The van der Waals surface area contributed by atoms with E-state index in [9.17, 15) is 21.6 Å². The van der Waals surface area contributed by atoms with Gasteiger partial charge in [-0.1, -0.05) is 35.9 Å². The van der Waals surface area contributed by atoms with Crippen LogP contribution in [0.1, 0.15) is 16.8 Å². The Morgan fingerprint density at radius 3 is 2.18 bits per heavy atom. The highest BCUT2D eigenvalue weighted by Crippen LogP contribution is 2.28. The van der Waals surface area contributed by atoms with E-state index in [0.29, 0.717) is 22.6 Å². The number of carbonyl (C=O) groups is 1. The second-order valence-corrected chi connectivity index (χ2v) is 12.4. The number of benzene rings is 3. The molecule has 0 atom stereocenters. The molecular weight excluding hydrogens is 538 g/mol. The van der Waals surface area contributed by atoms with Gasteiger partial charge in [-0.15, -0.1) is 0 Å². The molecular formula is C27H27N5O5S2. The number of aryl methyl sites for hydroxylation is 3. The van der Waals surface area contributed by atoms with Crippen molar-refractivity contribution < 1.29 is 21.6 Å². The van der Waals surface area contributed by atoms with Gasteiger partial charge in [0.2, 0.25) is 11.9 Å². The largest absolute Gasteiger partial charge is 0.325 e. The lowest BCUT2D eigenvalue weighted by atomic mass is 10.1. The number of anilines is 3. The summed E-state index contributed by atoms with van der Waals surface area (Å²) in [5, 5.41) is 2.65. The zero-order valence-corrected chi connectivity index (χ0v) is 23.1. The molecule has 0 bridgehead atoms. The molecule has 4 rings (SSSR count). The van der Waals surface area contributed by atoms with Crippen molar-refractivity contribution in [3.63, 3.8) is 0 Å². The highest BCUT2D eigenvalue weighted by Gasteiger charge is 2.28. The molecule has 0 unspecified atom stereocenters. The quantitative estimate of drug-likeness (QED) is 0.312. The van der Waals surface area contributed by atoms with Gasteiger partial charge >= 0.3 is 0 Å². The molecule has 1 aromatic heterocycles. The summed E-state index contributed by atoms with van der Waals surface area (Å²) in [6.45, 7) is 4.90. The van der Waals surface area contributed by atoms with E-state index in [0.717, 1.165) is 9.87 Å². The van der Waals surface area contributed by atoms with Gasteiger partial charge in [0, 0.05) is 17.6 Å². The highest BCUT2D eigenvalue weighted by molar-refractivity contribution is 7.93. The van der Waals surface area contributed by atoms with Crippen molar-refractivity contribution in [3.05, 3.63) is 102 Å². The first-order valence-electron chi connectivity index (χ1n) is 11.8. The topological polar surface area (TPSA) is 138 Å². The number of nitrogens with zero attached hydrogens (tertiary/aromatic N) is 3. The molecule has 10 nitrogen and oxygen atoms in total. The lowest BCUT2D eigenvalue weighted by Crippen LogP contribution is -2.38. The number of rotatable bonds is 9. The van der Waals surface area contributed by atoms with Crippen LogP contribution >= 0.6 is 0 Å². The molecule has 0 radical (unpaired) electrons. The Kier molecular flexibility index (Phi) is 7.98. The van der Waals surface area contributed by atoms with Crippen LogP contribution in [0.4, 0.5) is 17.3 Å². The first kappa shape index (κ1) is 27.7. The minimum atomic E-state index is -4.06. The Morgan fingerprint density at radius 1 is 0.846 bits per heavy atom. The van der Waals surface area contributed by atoms with Crippen LogP contribution in [0.15, 0.2) is 94.9 Å². The van der Waals surface area contributed by atoms with Crippen molar-refractivity contribution in [2.45, 2.75) is 30.6 Å². The van der Waals surface area contributed by atoms with Crippen LogP contribution in [0.25, 0.3) is 0 Å². The van der Waals surface area contributed by atoms with Crippen molar-refractivity contribution >= 4 is 43.3 Å². The first-order valence-corrected chi connectivity index (χ1v) is 14.8. The van der Waals surface area contributed by atoms with Gasteiger partial charge in [-0.05, 0) is 74.9 Å². The molecule has 0 aliphatic carbocycles. The van der Waals surface area contributed by atoms with Crippen molar-refractivity contribution in [1.29, 1.82) is 0 Å². The van der Waals surface area contributed by atoms with Crippen LogP contribution < -0.4 is 14.3 Å². The molecule has 0 spiro atoms. The van der Waals surface area contributed by atoms with Crippen molar-refractivity contribution in [1.82, 2.24) is 9.97 Å². The minimum absolute atomic E-state index is 0.0532. The fourth-order valence-electron chi connectivity index (χ4n) is 3.83. The molecule has 4 aromatic rings. The van der Waals surface area contributed by atoms with E-state index in [1.807, 2.05) is 13.0 Å². The zero-order chi connectivity index (χ0) is 28.2. The van der Waals surface area contributed by atoms with Gasteiger partial charge in [0.05, 0.1) is 15.5 Å². The van der Waals surface area contributed by atoms with Crippen LogP contribution in [0, 0.1) is 20.8 Å². The molecule has 1 heterocycles. The second-order valence-electron chi connectivity index (χ2n) is 8.81. The van der Waals surface area contributed by atoms with E-state index in [1.54, 1.807) is 50.2 Å². The van der Waals surface area contributed by atoms with E-state index in [4.69, 9.17) is 0 Å². The van der Waals surface area contributed by atoms with Gasteiger partial charge in [-0.25, -0.2) is 31.5 Å². The average molecular weight is 566 g/mol. The van der Waals surface area contributed by atoms with Crippen LogP contribution in [0.3, 0.4) is 0 Å². The van der Waals surface area contributed by atoms with E-state index in [2.05, 4.69) is 20.0 Å². The number of aromatic nitrogens is 2. The molecule has 0 fully saturated rings. The summed E-state index contributed by atoms with van der Waals surface area (Å²) in [7, 11) is -8.03. The maximum atomic E-state index is 13.5. The molecule has 0 aliphatic rings. The summed E-state index contributed by atoms with van der Waals surface area (Å²) in [5.74, 6) is -0.658. The van der Waals surface area contributed by atoms with Crippen LogP contribution in [-0.4, -0.2) is 39.3 Å². The van der Waals surface area contributed by atoms with Gasteiger partial charge in [0.15, 0.2) is 0 Å². The van der Waals surface area contributed by atoms with Gasteiger partial charge < -0.3 is 5.32 Å². The van der Waals surface area contributed by atoms with Crippen molar-refractivity contribution in [2.75, 3.05) is 20.9 Å². The fourth-order valence-corrected chi connectivity index (χ4v) is 6.29. The third kappa shape index (κ3) is 6.59. The highest BCUT2D eigenvalue weighted by atomic mass is 32.2. The molecule has 1 amide bonds. The standard InChI is InChI=1S/C27H27N5O5S2/c1-19-9-14-25(20(2)17-19)32(39(36,37)24-7-5-4-6-8-24)18-26(33)30-22-10-12-23(13-11-22)38(34,35)31-27-28-16-15-21(3)29-27/h4-17H,18H2,1-3H3,(H,30,33)(H,28,29,31). The normalized spacial score (nSPS) is 11.6. The number of sulfonamides is 2. The first-order chi connectivity index (χ1) is 18.5. The molecule has 202 valence electrons. The number of nitrogens with one attached hydrogen (secondary N) is 2. The predicted octanol–water partition coefficient (Wildman–Crippen LogP) is 4.04. The molecule has 0 saturated heterocycles. The number of carbonyl (C=O) groups excluding carboxylic acids is 1. The van der Waals surface area contributed by atoms with Gasteiger partial charge in [-0.2, -0.15) is 0 Å². The fraction of sp³-hybridized carbons (Fsp3) is 0.148. The maximum Gasteiger partial charge on any atom is 0.264 e. The Balaban J connectivity index is 1.55. The summed E-state index contributed by atoms with van der Waals surface area (Å²) in [6.07, 6.45) is 1.44. The summed E-state index contributed by atoms with van der Waals surface area (Å²) in [4.78, 5) is 21.0. The third-order valence-electron chi connectivity index (χ3n) is 5.71. The maximum absolute atomic E-state index is 13.5. The van der Waals surface area contributed by atoms with E-state index >= 15 is 0 Å². The monoisotopic (exact) mass is 565 g/mol. The Hall–Kier alpha value is -4.29. The lowest BCUT2D eigenvalue weighted by Gasteiger charge is -2.26. The third-order valence-corrected chi connectivity index (χ3v) is 8.83. The minimum Gasteiger partial charge on any atom is -0.325 e. The molecule has 39 heavy (non-hydrogen) atoms. The molecule has 0 saturated carbocycles. The predicted molar refractivity (Wildman–Crippen MR) is 150 cm³/mol. The number of hydrogen-bond donors (Lipinski definition) is 2. The molecule has 2 N–H and O–H groups in total. The van der Waals surface area contributed by atoms with E-state index in [1.165, 1.54) is 42.6 Å². The zero-order valence-electron chi connectivity index (χ0n) is 21.5. The van der Waals surface area contributed by atoms with Gasteiger partial charge in [0.25, 0.3) is 20.0 Å². The summed E-state index contributed by atoms with van der Waals surface area (Å²) in [6, 6.07) is 20.3. The van der Waals surface area contributed by atoms with Crippen LogP contribution in [0.5, 0.6) is 0 Å². The van der Waals surface area contributed by atoms with Crippen molar-refractivity contribution in [3.8, 4) is 0 Å². The van der Waals surface area contributed by atoms with Crippen LogP contribution in [-0.2, 0) is 24.8 Å². The van der Waals surface area contributed by atoms with Crippen molar-refractivity contribution in [2.24, 2.45) is 0 Å². The van der Waals surface area contributed by atoms with E-state index < -0.39 is 32.5 Å². The van der Waals surface area contributed by atoms with Gasteiger partial charge in [-0.3, -0.25) is 9.10 Å². The molecule has 0 aliphatic heterocycles. The summed E-state index contributed by atoms with van der Waals surface area (Å²) < 4.78 is 55.9.